The van der Waals surface area contributed by atoms with Gasteiger partial charge in [0.25, 0.3) is 0 Å². The summed E-state index contributed by atoms with van der Waals surface area (Å²) in [5.41, 5.74) is 0.0743. The maximum atomic E-state index is 10.4. The van der Waals surface area contributed by atoms with Gasteiger partial charge in [-0.3, -0.25) is 0 Å². The van der Waals surface area contributed by atoms with Gasteiger partial charge in [0.1, 0.15) is 5.75 Å². The summed E-state index contributed by atoms with van der Waals surface area (Å²) in [6.07, 6.45) is 0.821. The zero-order valence-corrected chi connectivity index (χ0v) is 11.2. The van der Waals surface area contributed by atoms with Crippen molar-refractivity contribution in [1.82, 2.24) is 5.32 Å². The van der Waals surface area contributed by atoms with Crippen molar-refractivity contribution in [3.8, 4) is 5.75 Å². The van der Waals surface area contributed by atoms with Crippen molar-refractivity contribution in [3.63, 3.8) is 0 Å². The van der Waals surface area contributed by atoms with Crippen LogP contribution in [0.25, 0.3) is 0 Å². The van der Waals surface area contributed by atoms with Gasteiger partial charge in [-0.2, -0.15) is 0 Å². The molecule has 96 valence electrons. The van der Waals surface area contributed by atoms with E-state index in [1.807, 2.05) is 52.1 Å². The lowest BCUT2D eigenvalue weighted by atomic mass is 9.92. The second-order valence-corrected chi connectivity index (χ2v) is 4.82. The van der Waals surface area contributed by atoms with E-state index in [4.69, 9.17) is 4.74 Å². The standard InChI is InChI=1S/C14H23NO2/c1-11(2)17-13-7-5-6-12(10-13)14(3,16)8-9-15-4/h5-7,10-11,15-16H,8-9H2,1-4H3. The first-order chi connectivity index (χ1) is 7.95. The number of aliphatic hydroxyl groups is 1. The molecular formula is C14H23NO2. The van der Waals surface area contributed by atoms with Crippen molar-refractivity contribution in [1.29, 1.82) is 0 Å². The molecule has 0 bridgehead atoms. The largest absolute Gasteiger partial charge is 0.491 e. The zero-order valence-electron chi connectivity index (χ0n) is 11.2. The van der Waals surface area contributed by atoms with Gasteiger partial charge in [0.2, 0.25) is 0 Å². The lowest BCUT2D eigenvalue weighted by Gasteiger charge is -2.24. The molecular weight excluding hydrogens is 214 g/mol. The minimum atomic E-state index is -0.820. The van der Waals surface area contributed by atoms with Crippen LogP contribution in [-0.4, -0.2) is 24.8 Å². The molecule has 0 heterocycles. The topological polar surface area (TPSA) is 41.5 Å². The fourth-order valence-corrected chi connectivity index (χ4v) is 1.69. The van der Waals surface area contributed by atoms with Crippen LogP contribution in [0.4, 0.5) is 0 Å². The molecule has 0 saturated heterocycles. The smallest absolute Gasteiger partial charge is 0.120 e. The van der Waals surface area contributed by atoms with Crippen LogP contribution in [0.5, 0.6) is 5.75 Å². The van der Waals surface area contributed by atoms with E-state index in [2.05, 4.69) is 5.32 Å². The highest BCUT2D eigenvalue weighted by atomic mass is 16.5. The SMILES string of the molecule is CNCCC(C)(O)c1cccc(OC(C)C)c1. The maximum Gasteiger partial charge on any atom is 0.120 e. The Balaban J connectivity index is 2.82. The van der Waals surface area contributed by atoms with E-state index in [9.17, 15) is 5.11 Å². The van der Waals surface area contributed by atoms with Gasteiger partial charge in [0.15, 0.2) is 0 Å². The lowest BCUT2D eigenvalue weighted by Crippen LogP contribution is -2.26. The Morgan fingerprint density at radius 3 is 2.71 bits per heavy atom. The molecule has 1 unspecified atom stereocenters. The van der Waals surface area contributed by atoms with Crippen molar-refractivity contribution >= 4 is 0 Å². The van der Waals surface area contributed by atoms with Crippen LogP contribution in [0.15, 0.2) is 24.3 Å². The molecule has 0 aliphatic rings. The van der Waals surface area contributed by atoms with Gasteiger partial charge < -0.3 is 15.2 Å². The normalized spacial score (nSPS) is 14.7. The third-order valence-corrected chi connectivity index (χ3v) is 2.69. The van der Waals surface area contributed by atoms with Crippen LogP contribution < -0.4 is 10.1 Å². The molecule has 3 heteroatoms. The maximum absolute atomic E-state index is 10.4. The minimum absolute atomic E-state index is 0.146. The number of hydrogen-bond acceptors (Lipinski definition) is 3. The lowest BCUT2D eigenvalue weighted by molar-refractivity contribution is 0.0481. The molecule has 1 aromatic rings. The molecule has 1 rings (SSSR count). The molecule has 3 nitrogen and oxygen atoms in total. The zero-order chi connectivity index (χ0) is 12.9. The predicted molar refractivity (Wildman–Crippen MR) is 70.3 cm³/mol. The summed E-state index contributed by atoms with van der Waals surface area (Å²) in [5.74, 6) is 0.808. The number of ether oxygens (including phenoxy) is 1. The quantitative estimate of drug-likeness (QED) is 0.797. The molecule has 0 fully saturated rings. The molecule has 0 spiro atoms. The number of nitrogens with one attached hydrogen (secondary N) is 1. The average Bonchev–Trinajstić information content (AvgIpc) is 2.26. The third-order valence-electron chi connectivity index (χ3n) is 2.69. The summed E-state index contributed by atoms with van der Waals surface area (Å²) in [6.45, 7) is 6.60. The van der Waals surface area contributed by atoms with Crippen LogP contribution >= 0.6 is 0 Å². The van der Waals surface area contributed by atoms with E-state index in [0.29, 0.717) is 6.42 Å². The highest BCUT2D eigenvalue weighted by Gasteiger charge is 2.22. The number of rotatable bonds is 6. The Labute approximate surface area is 104 Å². The van der Waals surface area contributed by atoms with Crippen LogP contribution in [-0.2, 0) is 5.60 Å². The Morgan fingerprint density at radius 1 is 1.41 bits per heavy atom. The van der Waals surface area contributed by atoms with Gasteiger partial charge >= 0.3 is 0 Å². The van der Waals surface area contributed by atoms with Gasteiger partial charge in [-0.15, -0.1) is 0 Å². The molecule has 0 aliphatic heterocycles. The highest BCUT2D eigenvalue weighted by Crippen LogP contribution is 2.27. The van der Waals surface area contributed by atoms with E-state index < -0.39 is 5.60 Å². The predicted octanol–water partition coefficient (Wildman–Crippen LogP) is 2.29. The summed E-state index contributed by atoms with van der Waals surface area (Å²) in [4.78, 5) is 0. The van der Waals surface area contributed by atoms with E-state index >= 15 is 0 Å². The second-order valence-electron chi connectivity index (χ2n) is 4.82. The molecule has 2 N–H and O–H groups in total. The van der Waals surface area contributed by atoms with Gasteiger partial charge in [0, 0.05) is 0 Å². The Kier molecular flexibility index (Phi) is 4.97. The average molecular weight is 237 g/mol. The van der Waals surface area contributed by atoms with E-state index in [1.165, 1.54) is 0 Å². The summed E-state index contributed by atoms with van der Waals surface area (Å²) < 4.78 is 5.63. The van der Waals surface area contributed by atoms with Crippen LogP contribution in [0, 0.1) is 0 Å². The second kappa shape index (κ2) is 6.03. The van der Waals surface area contributed by atoms with Crippen molar-refractivity contribution in [2.75, 3.05) is 13.6 Å². The number of benzene rings is 1. The summed E-state index contributed by atoms with van der Waals surface area (Å²) in [7, 11) is 1.88. The highest BCUT2D eigenvalue weighted by molar-refractivity contribution is 5.32. The van der Waals surface area contributed by atoms with Crippen molar-refractivity contribution in [3.05, 3.63) is 29.8 Å². The first-order valence-electron chi connectivity index (χ1n) is 6.10. The summed E-state index contributed by atoms with van der Waals surface area (Å²) in [5, 5.41) is 13.4. The molecule has 1 aromatic carbocycles. The van der Waals surface area contributed by atoms with Gasteiger partial charge in [0.05, 0.1) is 11.7 Å². The van der Waals surface area contributed by atoms with Gasteiger partial charge in [-0.25, -0.2) is 0 Å². The third kappa shape index (κ3) is 4.36. The molecule has 0 amide bonds. The first kappa shape index (κ1) is 14.0. The van der Waals surface area contributed by atoms with Gasteiger partial charge in [-0.1, -0.05) is 12.1 Å². The molecule has 0 aromatic heterocycles. The monoisotopic (exact) mass is 237 g/mol. The molecule has 0 radical (unpaired) electrons. The fourth-order valence-electron chi connectivity index (χ4n) is 1.69. The van der Waals surface area contributed by atoms with Gasteiger partial charge in [-0.05, 0) is 58.5 Å². The van der Waals surface area contributed by atoms with Crippen molar-refractivity contribution in [2.24, 2.45) is 0 Å². The van der Waals surface area contributed by atoms with Crippen molar-refractivity contribution < 1.29 is 9.84 Å². The molecule has 17 heavy (non-hydrogen) atoms. The Hall–Kier alpha value is -1.06. The molecule has 0 aliphatic carbocycles. The Morgan fingerprint density at radius 2 is 2.12 bits per heavy atom. The van der Waals surface area contributed by atoms with E-state index in [-0.39, 0.29) is 6.10 Å². The summed E-state index contributed by atoms with van der Waals surface area (Å²) >= 11 is 0. The molecule has 1 atom stereocenters. The van der Waals surface area contributed by atoms with E-state index in [0.717, 1.165) is 17.9 Å². The van der Waals surface area contributed by atoms with E-state index in [1.54, 1.807) is 0 Å². The summed E-state index contributed by atoms with van der Waals surface area (Å²) in [6, 6.07) is 7.68. The van der Waals surface area contributed by atoms with Crippen LogP contribution in [0.1, 0.15) is 32.8 Å². The number of hydrogen-bond donors (Lipinski definition) is 2. The Bertz CT molecular complexity index is 348. The fraction of sp³-hybridized carbons (Fsp3) is 0.571. The van der Waals surface area contributed by atoms with Crippen LogP contribution in [0.2, 0.25) is 0 Å². The van der Waals surface area contributed by atoms with Crippen LogP contribution in [0.3, 0.4) is 0 Å². The molecule has 0 saturated carbocycles. The minimum Gasteiger partial charge on any atom is -0.491 e. The van der Waals surface area contributed by atoms with Crippen molar-refractivity contribution in [2.45, 2.75) is 38.9 Å². The first-order valence-corrected chi connectivity index (χ1v) is 6.10.